The molecular weight excluding hydrogens is 238 g/mol. The van der Waals surface area contributed by atoms with Crippen LogP contribution >= 0.6 is 0 Å². The topological polar surface area (TPSA) is 49.9 Å². The number of nitrogens with zero attached hydrogens (tertiary/aromatic N) is 1. The molecule has 96 valence electrons. The maximum Gasteiger partial charge on any atom is 0.139 e. The van der Waals surface area contributed by atoms with E-state index in [4.69, 9.17) is 4.74 Å². The molecule has 2 N–H and O–H groups in total. The van der Waals surface area contributed by atoms with E-state index in [1.165, 1.54) is 0 Å². The molecule has 0 atom stereocenters. The third-order valence-electron chi connectivity index (χ3n) is 3.06. The molecule has 1 aromatic carbocycles. The number of H-pyrrole nitrogens is 1. The van der Waals surface area contributed by atoms with E-state index in [1.54, 1.807) is 7.11 Å². The number of hydrogen-bond acceptors (Lipinski definition) is 3. The molecule has 0 spiro atoms. The molecule has 0 amide bonds. The quantitative estimate of drug-likeness (QED) is 0.750. The van der Waals surface area contributed by atoms with Gasteiger partial charge in [-0.3, -0.25) is 0 Å². The fourth-order valence-electron chi connectivity index (χ4n) is 2.06. The number of aromatic nitrogens is 2. The second-order valence-corrected chi connectivity index (χ2v) is 4.28. The Hall–Kier alpha value is -2.49. The highest BCUT2D eigenvalue weighted by molar-refractivity contribution is 5.77. The van der Waals surface area contributed by atoms with Gasteiger partial charge in [0.25, 0.3) is 0 Å². The number of para-hydroxylation sites is 1. The zero-order valence-electron chi connectivity index (χ0n) is 10.7. The summed E-state index contributed by atoms with van der Waals surface area (Å²) < 4.78 is 5.33. The largest absolute Gasteiger partial charge is 0.496 e. The Morgan fingerprint density at radius 3 is 2.95 bits per heavy atom. The van der Waals surface area contributed by atoms with Crippen LogP contribution in [0.15, 0.2) is 48.7 Å². The van der Waals surface area contributed by atoms with E-state index in [0.29, 0.717) is 6.54 Å². The van der Waals surface area contributed by atoms with E-state index in [0.717, 1.165) is 28.2 Å². The summed E-state index contributed by atoms with van der Waals surface area (Å²) in [7, 11) is 1.68. The molecule has 0 aliphatic heterocycles. The van der Waals surface area contributed by atoms with Crippen LogP contribution in [0.5, 0.6) is 5.75 Å². The first kappa shape index (κ1) is 11.6. The zero-order valence-corrected chi connectivity index (χ0v) is 10.7. The van der Waals surface area contributed by atoms with Gasteiger partial charge >= 0.3 is 0 Å². The lowest BCUT2D eigenvalue weighted by Gasteiger charge is -2.09. The van der Waals surface area contributed by atoms with Crippen molar-refractivity contribution in [2.75, 3.05) is 12.4 Å². The smallest absolute Gasteiger partial charge is 0.139 e. The van der Waals surface area contributed by atoms with Crippen molar-refractivity contribution in [2.24, 2.45) is 0 Å². The van der Waals surface area contributed by atoms with E-state index < -0.39 is 0 Å². The van der Waals surface area contributed by atoms with Crippen LogP contribution in [-0.2, 0) is 6.54 Å². The molecule has 0 unspecified atom stereocenters. The molecule has 19 heavy (non-hydrogen) atoms. The molecule has 2 heterocycles. The molecule has 0 saturated carbocycles. The van der Waals surface area contributed by atoms with E-state index in [9.17, 15) is 0 Å². The molecule has 3 aromatic rings. The van der Waals surface area contributed by atoms with Gasteiger partial charge in [-0.15, -0.1) is 0 Å². The Kier molecular flexibility index (Phi) is 3.06. The van der Waals surface area contributed by atoms with Gasteiger partial charge in [0, 0.05) is 23.7 Å². The SMILES string of the molecule is COc1ccccc1CNc1ccc2cc[nH]c2n1. The highest BCUT2D eigenvalue weighted by Crippen LogP contribution is 2.19. The van der Waals surface area contributed by atoms with Crippen molar-refractivity contribution in [3.05, 3.63) is 54.2 Å². The Morgan fingerprint density at radius 2 is 2.05 bits per heavy atom. The van der Waals surface area contributed by atoms with Crippen molar-refractivity contribution >= 4 is 16.9 Å². The summed E-state index contributed by atoms with van der Waals surface area (Å²) in [6.45, 7) is 0.684. The van der Waals surface area contributed by atoms with Gasteiger partial charge in [-0.25, -0.2) is 4.98 Å². The third kappa shape index (κ3) is 2.38. The molecule has 0 fully saturated rings. The Balaban J connectivity index is 1.78. The summed E-state index contributed by atoms with van der Waals surface area (Å²) in [4.78, 5) is 7.60. The summed E-state index contributed by atoms with van der Waals surface area (Å²) >= 11 is 0. The number of benzene rings is 1. The van der Waals surface area contributed by atoms with Crippen LogP contribution in [-0.4, -0.2) is 17.1 Å². The number of rotatable bonds is 4. The lowest BCUT2D eigenvalue weighted by atomic mass is 10.2. The average molecular weight is 253 g/mol. The summed E-state index contributed by atoms with van der Waals surface area (Å²) in [5.41, 5.74) is 2.00. The van der Waals surface area contributed by atoms with Crippen molar-refractivity contribution in [1.82, 2.24) is 9.97 Å². The molecule has 0 saturated heterocycles. The van der Waals surface area contributed by atoms with Crippen LogP contribution in [0.4, 0.5) is 5.82 Å². The molecule has 0 aliphatic rings. The standard InChI is InChI=1S/C15H15N3O/c1-19-13-5-3-2-4-12(13)10-17-14-7-6-11-8-9-16-15(11)18-14/h2-9H,10H2,1H3,(H2,16,17,18). The first-order chi connectivity index (χ1) is 9.36. The first-order valence-corrected chi connectivity index (χ1v) is 6.17. The van der Waals surface area contributed by atoms with Crippen molar-refractivity contribution in [3.8, 4) is 5.75 Å². The van der Waals surface area contributed by atoms with Crippen molar-refractivity contribution < 1.29 is 4.74 Å². The number of anilines is 1. The highest BCUT2D eigenvalue weighted by atomic mass is 16.5. The lowest BCUT2D eigenvalue weighted by molar-refractivity contribution is 0.410. The fourth-order valence-corrected chi connectivity index (χ4v) is 2.06. The fraction of sp³-hybridized carbons (Fsp3) is 0.133. The minimum atomic E-state index is 0.684. The van der Waals surface area contributed by atoms with Gasteiger partial charge in [-0.05, 0) is 24.3 Å². The third-order valence-corrected chi connectivity index (χ3v) is 3.06. The first-order valence-electron chi connectivity index (χ1n) is 6.17. The number of nitrogens with one attached hydrogen (secondary N) is 2. The van der Waals surface area contributed by atoms with Crippen LogP contribution in [0.25, 0.3) is 11.0 Å². The average Bonchev–Trinajstić information content (AvgIpc) is 2.93. The van der Waals surface area contributed by atoms with Crippen LogP contribution < -0.4 is 10.1 Å². The molecule has 4 heteroatoms. The number of ether oxygens (including phenoxy) is 1. The zero-order chi connectivity index (χ0) is 13.1. The van der Waals surface area contributed by atoms with Gasteiger partial charge in [0.1, 0.15) is 17.2 Å². The van der Waals surface area contributed by atoms with Gasteiger partial charge in [-0.1, -0.05) is 18.2 Å². The van der Waals surface area contributed by atoms with Crippen LogP contribution in [0.2, 0.25) is 0 Å². The van der Waals surface area contributed by atoms with Crippen molar-refractivity contribution in [2.45, 2.75) is 6.54 Å². The Morgan fingerprint density at radius 1 is 1.16 bits per heavy atom. The van der Waals surface area contributed by atoms with Crippen molar-refractivity contribution in [3.63, 3.8) is 0 Å². The molecule has 0 bridgehead atoms. The minimum absolute atomic E-state index is 0.684. The maximum atomic E-state index is 5.33. The monoisotopic (exact) mass is 253 g/mol. The Bertz CT molecular complexity index is 690. The number of pyridine rings is 1. The Labute approximate surface area is 111 Å². The van der Waals surface area contributed by atoms with Gasteiger partial charge in [0.15, 0.2) is 0 Å². The van der Waals surface area contributed by atoms with E-state index in [2.05, 4.69) is 15.3 Å². The minimum Gasteiger partial charge on any atom is -0.496 e. The molecule has 2 aromatic heterocycles. The summed E-state index contributed by atoms with van der Waals surface area (Å²) in [5, 5.41) is 4.42. The molecule has 3 rings (SSSR count). The van der Waals surface area contributed by atoms with E-state index in [1.807, 2.05) is 48.7 Å². The maximum absolute atomic E-state index is 5.33. The second-order valence-electron chi connectivity index (χ2n) is 4.28. The predicted octanol–water partition coefficient (Wildman–Crippen LogP) is 3.18. The molecule has 4 nitrogen and oxygen atoms in total. The van der Waals surface area contributed by atoms with Crippen LogP contribution in [0.1, 0.15) is 5.56 Å². The molecular formula is C15H15N3O. The summed E-state index contributed by atoms with van der Waals surface area (Å²) in [6.07, 6.45) is 1.89. The normalized spacial score (nSPS) is 10.6. The lowest BCUT2D eigenvalue weighted by Crippen LogP contribution is -2.03. The van der Waals surface area contributed by atoms with Gasteiger partial charge in [0.2, 0.25) is 0 Å². The van der Waals surface area contributed by atoms with Gasteiger partial charge < -0.3 is 15.0 Å². The predicted molar refractivity (Wildman–Crippen MR) is 76.4 cm³/mol. The summed E-state index contributed by atoms with van der Waals surface area (Å²) in [5.74, 6) is 1.73. The molecule has 0 aliphatic carbocycles. The number of fused-ring (bicyclic) bond motifs is 1. The highest BCUT2D eigenvalue weighted by Gasteiger charge is 2.02. The van der Waals surface area contributed by atoms with Crippen LogP contribution in [0.3, 0.4) is 0 Å². The van der Waals surface area contributed by atoms with Gasteiger partial charge in [-0.2, -0.15) is 0 Å². The van der Waals surface area contributed by atoms with E-state index >= 15 is 0 Å². The summed E-state index contributed by atoms with van der Waals surface area (Å²) in [6, 6.07) is 14.0. The van der Waals surface area contributed by atoms with Crippen LogP contribution in [0, 0.1) is 0 Å². The number of methoxy groups -OCH3 is 1. The number of hydrogen-bond donors (Lipinski definition) is 2. The van der Waals surface area contributed by atoms with E-state index in [-0.39, 0.29) is 0 Å². The van der Waals surface area contributed by atoms with Crippen molar-refractivity contribution in [1.29, 1.82) is 0 Å². The number of aromatic amines is 1. The second kappa shape index (κ2) is 5.02. The molecule has 0 radical (unpaired) electrons. The van der Waals surface area contributed by atoms with Gasteiger partial charge in [0.05, 0.1) is 7.11 Å².